The van der Waals surface area contributed by atoms with E-state index in [9.17, 15) is 4.79 Å². The number of hydrogen-bond donors (Lipinski definition) is 2. The van der Waals surface area contributed by atoms with Gasteiger partial charge >= 0.3 is 0 Å². The van der Waals surface area contributed by atoms with E-state index in [2.05, 4.69) is 39.8 Å². The molecule has 0 spiro atoms. The lowest BCUT2D eigenvalue weighted by molar-refractivity contribution is 0.101. The molecular formula is C12H15N5O2. The first-order chi connectivity index (χ1) is 9.16. The third-order valence-electron chi connectivity index (χ3n) is 2.26. The van der Waals surface area contributed by atoms with Gasteiger partial charge in [-0.15, -0.1) is 10.2 Å². The van der Waals surface area contributed by atoms with Crippen LogP contribution in [0, 0.1) is 5.92 Å². The Bertz CT molecular complexity index is 539. The van der Waals surface area contributed by atoms with Crippen molar-refractivity contribution in [2.45, 2.75) is 13.8 Å². The molecule has 0 atom stereocenters. The number of aromatic amines is 1. The van der Waals surface area contributed by atoms with E-state index in [4.69, 9.17) is 4.74 Å². The van der Waals surface area contributed by atoms with Crippen molar-refractivity contribution >= 4 is 11.6 Å². The molecule has 1 heterocycles. The van der Waals surface area contributed by atoms with E-state index >= 15 is 0 Å². The van der Waals surface area contributed by atoms with Crippen molar-refractivity contribution in [1.29, 1.82) is 0 Å². The van der Waals surface area contributed by atoms with Crippen molar-refractivity contribution in [3.8, 4) is 5.75 Å². The van der Waals surface area contributed by atoms with Crippen molar-refractivity contribution in [1.82, 2.24) is 20.6 Å². The highest BCUT2D eigenvalue weighted by Gasteiger charge is 2.13. The molecular weight excluding hydrogens is 246 g/mol. The highest BCUT2D eigenvalue weighted by atomic mass is 16.5. The van der Waals surface area contributed by atoms with Crippen molar-refractivity contribution in [2.24, 2.45) is 5.92 Å². The maximum Gasteiger partial charge on any atom is 0.297 e. The largest absolute Gasteiger partial charge is 0.491 e. The number of amides is 1. The fourth-order valence-electron chi connectivity index (χ4n) is 1.39. The number of ether oxygens (including phenoxy) is 1. The third kappa shape index (κ3) is 3.51. The number of benzene rings is 1. The Morgan fingerprint density at radius 1 is 1.42 bits per heavy atom. The zero-order chi connectivity index (χ0) is 13.7. The highest BCUT2D eigenvalue weighted by Crippen LogP contribution is 2.24. The molecule has 7 heteroatoms. The van der Waals surface area contributed by atoms with Gasteiger partial charge in [0, 0.05) is 0 Å². The second-order valence-corrected chi connectivity index (χ2v) is 4.39. The number of carbonyl (C=O) groups excluding carboxylic acids is 1. The molecule has 7 nitrogen and oxygen atoms in total. The number of hydrogen-bond acceptors (Lipinski definition) is 5. The number of H-pyrrole nitrogens is 1. The first kappa shape index (κ1) is 13.0. The average molecular weight is 261 g/mol. The first-order valence-electron chi connectivity index (χ1n) is 5.93. The maximum absolute atomic E-state index is 11.8. The lowest BCUT2D eigenvalue weighted by Gasteiger charge is -2.12. The Balaban J connectivity index is 2.09. The average Bonchev–Trinajstić information content (AvgIpc) is 2.91. The van der Waals surface area contributed by atoms with E-state index in [1.54, 1.807) is 12.1 Å². The van der Waals surface area contributed by atoms with Crippen LogP contribution < -0.4 is 10.1 Å². The molecule has 0 bridgehead atoms. The molecule has 2 aromatic rings. The van der Waals surface area contributed by atoms with E-state index < -0.39 is 5.91 Å². The van der Waals surface area contributed by atoms with Gasteiger partial charge in [-0.3, -0.25) is 4.79 Å². The second-order valence-electron chi connectivity index (χ2n) is 4.39. The topological polar surface area (TPSA) is 92.8 Å². The number of carbonyl (C=O) groups is 1. The molecule has 0 aliphatic heterocycles. The summed E-state index contributed by atoms with van der Waals surface area (Å²) in [5.41, 5.74) is 0.581. The normalized spacial score (nSPS) is 10.5. The van der Waals surface area contributed by atoms with Gasteiger partial charge in [0.25, 0.3) is 11.7 Å². The molecule has 0 saturated carbocycles. The Labute approximate surface area is 110 Å². The third-order valence-corrected chi connectivity index (χ3v) is 2.26. The zero-order valence-corrected chi connectivity index (χ0v) is 10.8. The van der Waals surface area contributed by atoms with Crippen LogP contribution in [0.5, 0.6) is 5.75 Å². The van der Waals surface area contributed by atoms with Gasteiger partial charge in [0.1, 0.15) is 5.75 Å². The fourth-order valence-corrected chi connectivity index (χ4v) is 1.39. The summed E-state index contributed by atoms with van der Waals surface area (Å²) in [6.45, 7) is 4.69. The number of anilines is 1. The minimum atomic E-state index is -0.436. The molecule has 0 aliphatic carbocycles. The number of rotatable bonds is 5. The van der Waals surface area contributed by atoms with Crippen LogP contribution in [0.4, 0.5) is 5.69 Å². The molecule has 100 valence electrons. The number of aromatic nitrogens is 4. The van der Waals surface area contributed by atoms with Crippen LogP contribution in [0.25, 0.3) is 0 Å². The standard InChI is InChI=1S/C12H15N5O2/c1-8(2)7-19-10-6-4-3-5-9(10)13-12(18)11-14-16-17-15-11/h3-6,8H,7H2,1-2H3,(H,13,18)(H,14,15,16,17). The minimum Gasteiger partial charge on any atom is -0.491 e. The van der Waals surface area contributed by atoms with Crippen LogP contribution in [0.15, 0.2) is 24.3 Å². The molecule has 2 N–H and O–H groups in total. The zero-order valence-electron chi connectivity index (χ0n) is 10.8. The Morgan fingerprint density at radius 2 is 2.21 bits per heavy atom. The number of nitrogens with one attached hydrogen (secondary N) is 2. The monoisotopic (exact) mass is 261 g/mol. The van der Waals surface area contributed by atoms with Gasteiger partial charge in [-0.2, -0.15) is 5.21 Å². The summed E-state index contributed by atoms with van der Waals surface area (Å²) in [7, 11) is 0. The van der Waals surface area contributed by atoms with Crippen molar-refractivity contribution in [3.05, 3.63) is 30.1 Å². The summed E-state index contributed by atoms with van der Waals surface area (Å²) in [6.07, 6.45) is 0. The Kier molecular flexibility index (Phi) is 4.07. The summed E-state index contributed by atoms with van der Waals surface area (Å²) < 4.78 is 5.64. The van der Waals surface area contributed by atoms with Crippen molar-refractivity contribution in [2.75, 3.05) is 11.9 Å². The van der Waals surface area contributed by atoms with Crippen LogP contribution in [0.3, 0.4) is 0 Å². The van der Waals surface area contributed by atoms with Crippen LogP contribution >= 0.6 is 0 Å². The van der Waals surface area contributed by atoms with E-state index in [0.717, 1.165) is 0 Å². The predicted molar refractivity (Wildman–Crippen MR) is 68.9 cm³/mol. The molecule has 1 aromatic heterocycles. The highest BCUT2D eigenvalue weighted by molar-refractivity contribution is 6.02. The fraction of sp³-hybridized carbons (Fsp3) is 0.333. The lowest BCUT2D eigenvalue weighted by Crippen LogP contribution is -2.15. The van der Waals surface area contributed by atoms with Crippen LogP contribution in [-0.4, -0.2) is 33.1 Å². The lowest BCUT2D eigenvalue weighted by atomic mass is 10.2. The summed E-state index contributed by atoms with van der Waals surface area (Å²) >= 11 is 0. The first-order valence-corrected chi connectivity index (χ1v) is 5.93. The molecule has 0 radical (unpaired) electrons. The molecule has 0 fully saturated rings. The van der Waals surface area contributed by atoms with Crippen LogP contribution in [-0.2, 0) is 0 Å². The summed E-state index contributed by atoms with van der Waals surface area (Å²) in [5.74, 6) is 0.571. The summed E-state index contributed by atoms with van der Waals surface area (Å²) in [5, 5.41) is 15.5. The van der Waals surface area contributed by atoms with Crippen molar-refractivity contribution in [3.63, 3.8) is 0 Å². The van der Waals surface area contributed by atoms with Gasteiger partial charge < -0.3 is 10.1 Å². The van der Waals surface area contributed by atoms with Gasteiger partial charge in [0.2, 0.25) is 0 Å². The number of para-hydroxylation sites is 2. The van der Waals surface area contributed by atoms with Crippen LogP contribution in [0.1, 0.15) is 24.5 Å². The van der Waals surface area contributed by atoms with Gasteiger partial charge in [0.05, 0.1) is 12.3 Å². The molecule has 0 unspecified atom stereocenters. The number of tetrazole rings is 1. The van der Waals surface area contributed by atoms with Gasteiger partial charge in [0.15, 0.2) is 0 Å². The van der Waals surface area contributed by atoms with Gasteiger partial charge in [-0.05, 0) is 23.3 Å². The van der Waals surface area contributed by atoms with E-state index in [-0.39, 0.29) is 5.82 Å². The Morgan fingerprint density at radius 3 is 2.89 bits per heavy atom. The minimum absolute atomic E-state index is 0.0151. The van der Waals surface area contributed by atoms with Crippen LogP contribution in [0.2, 0.25) is 0 Å². The molecule has 2 rings (SSSR count). The quantitative estimate of drug-likeness (QED) is 0.850. The summed E-state index contributed by atoms with van der Waals surface area (Å²) in [4.78, 5) is 11.8. The predicted octanol–water partition coefficient (Wildman–Crippen LogP) is 1.49. The van der Waals surface area contributed by atoms with E-state index in [0.29, 0.717) is 24.0 Å². The van der Waals surface area contributed by atoms with Crippen molar-refractivity contribution < 1.29 is 9.53 Å². The number of nitrogens with zero attached hydrogens (tertiary/aromatic N) is 3. The maximum atomic E-state index is 11.8. The van der Waals surface area contributed by atoms with Gasteiger partial charge in [-0.25, -0.2) is 0 Å². The second kappa shape index (κ2) is 5.94. The van der Waals surface area contributed by atoms with E-state index in [1.165, 1.54) is 0 Å². The van der Waals surface area contributed by atoms with E-state index in [1.807, 2.05) is 12.1 Å². The molecule has 1 amide bonds. The molecule has 19 heavy (non-hydrogen) atoms. The molecule has 0 saturated heterocycles. The SMILES string of the molecule is CC(C)COc1ccccc1NC(=O)c1nn[nH]n1. The Hall–Kier alpha value is -2.44. The smallest absolute Gasteiger partial charge is 0.297 e. The molecule has 0 aliphatic rings. The molecule has 1 aromatic carbocycles. The van der Waals surface area contributed by atoms with Gasteiger partial charge in [-0.1, -0.05) is 26.0 Å². The summed E-state index contributed by atoms with van der Waals surface area (Å²) in [6, 6.07) is 7.22.